The van der Waals surface area contributed by atoms with E-state index in [1.54, 1.807) is 11.3 Å². The Labute approximate surface area is 207 Å². The van der Waals surface area contributed by atoms with Gasteiger partial charge in [-0.05, 0) is 53.7 Å². The van der Waals surface area contributed by atoms with Crippen LogP contribution in [0.25, 0.3) is 20.8 Å². The van der Waals surface area contributed by atoms with Crippen molar-refractivity contribution in [1.82, 2.24) is 4.98 Å². The van der Waals surface area contributed by atoms with Gasteiger partial charge in [0.1, 0.15) is 5.01 Å². The lowest BCUT2D eigenvalue weighted by Gasteiger charge is -2.24. The molecule has 0 N–H and O–H groups in total. The zero-order chi connectivity index (χ0) is 24.0. The van der Waals surface area contributed by atoms with E-state index in [1.807, 2.05) is 0 Å². The predicted octanol–water partition coefficient (Wildman–Crippen LogP) is 6.33. The van der Waals surface area contributed by atoms with Crippen molar-refractivity contribution in [2.45, 2.75) is 41.5 Å². The third-order valence-corrected chi connectivity index (χ3v) is 7.92. The van der Waals surface area contributed by atoms with Gasteiger partial charge in [0, 0.05) is 5.56 Å². The van der Waals surface area contributed by atoms with Crippen LogP contribution in [0, 0.1) is 41.5 Å². The summed E-state index contributed by atoms with van der Waals surface area (Å²) in [5, 5.41) is 1.08. The highest BCUT2D eigenvalue weighted by molar-refractivity contribution is 7.21. The number of hydrogen-bond donors (Lipinski definition) is 0. The number of fused-ring (bicyclic) bond motifs is 1. The molecule has 5 aromatic rings. The first-order valence-electron chi connectivity index (χ1n) is 11.9. The van der Waals surface area contributed by atoms with Crippen LogP contribution >= 0.6 is 11.3 Å². The molecule has 4 aromatic carbocycles. The first-order valence-corrected chi connectivity index (χ1v) is 12.7. The molecule has 0 fully saturated rings. The molecule has 1 aromatic heterocycles. The molecule has 0 spiro atoms. The average molecular weight is 459 g/mol. The van der Waals surface area contributed by atoms with Crippen LogP contribution in [0.3, 0.4) is 0 Å². The van der Waals surface area contributed by atoms with Gasteiger partial charge in [0.15, 0.2) is 0 Å². The van der Waals surface area contributed by atoms with Crippen LogP contribution in [0.4, 0.5) is 0 Å². The lowest BCUT2D eigenvalue weighted by molar-refractivity contribution is 1.34. The van der Waals surface area contributed by atoms with Crippen LogP contribution in [-0.2, 0) is 0 Å². The lowest BCUT2D eigenvalue weighted by atomic mass is 9.34. The third-order valence-electron chi connectivity index (χ3n) is 6.84. The van der Waals surface area contributed by atoms with Crippen molar-refractivity contribution in [3.63, 3.8) is 0 Å². The smallest absolute Gasteiger partial charge is 0.236 e. The van der Waals surface area contributed by atoms with Gasteiger partial charge in [0.05, 0.1) is 10.2 Å². The van der Waals surface area contributed by atoms with Crippen molar-refractivity contribution in [2.24, 2.45) is 0 Å². The summed E-state index contributed by atoms with van der Waals surface area (Å²) in [7, 11) is 0. The number of thiazole rings is 1. The summed E-state index contributed by atoms with van der Waals surface area (Å²) in [5.74, 6) is 0. The highest BCUT2D eigenvalue weighted by Gasteiger charge is 2.28. The molecule has 0 aliphatic carbocycles. The van der Waals surface area contributed by atoms with Crippen LogP contribution in [0.5, 0.6) is 0 Å². The summed E-state index contributed by atoms with van der Waals surface area (Å²) in [6.07, 6.45) is 0. The molecule has 0 aliphatic heterocycles. The third kappa shape index (κ3) is 4.10. The fraction of sp³-hybridized carbons (Fsp3) is 0.194. The maximum absolute atomic E-state index is 4.87. The van der Waals surface area contributed by atoms with E-state index in [4.69, 9.17) is 4.98 Å². The van der Waals surface area contributed by atoms with Crippen molar-refractivity contribution in [1.29, 1.82) is 0 Å². The van der Waals surface area contributed by atoms with Gasteiger partial charge in [-0.2, -0.15) is 0 Å². The fourth-order valence-electron chi connectivity index (χ4n) is 5.58. The van der Waals surface area contributed by atoms with Gasteiger partial charge in [0.25, 0.3) is 0 Å². The Morgan fingerprint density at radius 3 is 1.62 bits per heavy atom. The van der Waals surface area contributed by atoms with Gasteiger partial charge in [0.2, 0.25) is 6.71 Å². The number of hydrogen-bond acceptors (Lipinski definition) is 2. The summed E-state index contributed by atoms with van der Waals surface area (Å²) >= 11 is 1.76. The molecule has 1 nitrogen and oxygen atoms in total. The van der Waals surface area contributed by atoms with E-state index in [1.165, 1.54) is 60.0 Å². The standard InChI is InChI=1S/C31H30BNS/c1-19-15-21(3)29(22(4)16-19)32(30-23(5)17-20(2)18-24(30)6)26-13-11-25(12-14-26)31-33-27-9-7-8-10-28(27)34-31/h7-18H,1-6H3. The molecule has 0 amide bonds. The SMILES string of the molecule is Cc1cc(C)c(B(c2ccc(-c3nc4ccccc4s3)cc2)c2c(C)cc(C)cc2C)c(C)c1. The van der Waals surface area contributed by atoms with Crippen LogP contribution in [0.15, 0.2) is 72.8 Å². The average Bonchev–Trinajstić information content (AvgIpc) is 3.21. The first kappa shape index (κ1) is 22.6. The van der Waals surface area contributed by atoms with Crippen molar-refractivity contribution in [2.75, 3.05) is 0 Å². The van der Waals surface area contributed by atoms with Crippen LogP contribution in [-0.4, -0.2) is 11.7 Å². The van der Waals surface area contributed by atoms with Crippen molar-refractivity contribution >= 4 is 44.7 Å². The Hall–Kier alpha value is -3.17. The molecule has 168 valence electrons. The molecule has 0 saturated carbocycles. The minimum absolute atomic E-state index is 0.200. The summed E-state index contributed by atoms with van der Waals surface area (Å²) < 4.78 is 1.23. The van der Waals surface area contributed by atoms with E-state index >= 15 is 0 Å². The summed E-state index contributed by atoms with van der Waals surface area (Å²) in [6, 6.07) is 26.8. The molecule has 0 unspecified atom stereocenters. The molecule has 0 aliphatic rings. The summed E-state index contributed by atoms with van der Waals surface area (Å²) in [5.41, 5.74) is 14.5. The second-order valence-electron chi connectivity index (χ2n) is 9.67. The molecule has 0 radical (unpaired) electrons. The predicted molar refractivity (Wildman–Crippen MR) is 151 cm³/mol. The zero-order valence-corrected chi connectivity index (χ0v) is 21.7. The van der Waals surface area contributed by atoms with Crippen molar-refractivity contribution in [3.05, 3.63) is 106 Å². The fourth-order valence-corrected chi connectivity index (χ4v) is 6.56. The van der Waals surface area contributed by atoms with Gasteiger partial charge >= 0.3 is 0 Å². The monoisotopic (exact) mass is 459 g/mol. The number of nitrogens with zero attached hydrogens (tertiary/aromatic N) is 1. The first-order chi connectivity index (χ1) is 16.3. The Balaban J connectivity index is 1.67. The molecule has 5 rings (SSSR count). The number of aryl methyl sites for hydroxylation is 6. The summed E-state index contributed by atoms with van der Waals surface area (Å²) in [6.45, 7) is 13.6. The molecular weight excluding hydrogens is 429 g/mol. The van der Waals surface area contributed by atoms with Gasteiger partial charge in [-0.3, -0.25) is 0 Å². The second kappa shape index (κ2) is 8.89. The van der Waals surface area contributed by atoms with Gasteiger partial charge in [-0.25, -0.2) is 4.98 Å². The topological polar surface area (TPSA) is 12.9 Å². The molecule has 0 saturated heterocycles. The molecule has 1 heterocycles. The lowest BCUT2D eigenvalue weighted by Crippen LogP contribution is -2.55. The molecule has 0 atom stereocenters. The van der Waals surface area contributed by atoms with Crippen molar-refractivity contribution in [3.8, 4) is 10.6 Å². The number of benzene rings is 4. The zero-order valence-electron chi connectivity index (χ0n) is 20.9. The van der Waals surface area contributed by atoms with Gasteiger partial charge in [-0.15, -0.1) is 11.3 Å². The van der Waals surface area contributed by atoms with Gasteiger partial charge in [-0.1, -0.05) is 110 Å². The van der Waals surface area contributed by atoms with E-state index in [9.17, 15) is 0 Å². The molecule has 0 bridgehead atoms. The van der Waals surface area contributed by atoms with E-state index in [0.717, 1.165) is 10.5 Å². The van der Waals surface area contributed by atoms with E-state index in [0.29, 0.717) is 0 Å². The highest BCUT2D eigenvalue weighted by atomic mass is 32.1. The Bertz CT molecular complexity index is 1370. The number of rotatable bonds is 4. The Morgan fingerprint density at radius 1 is 0.618 bits per heavy atom. The normalized spacial score (nSPS) is 11.2. The summed E-state index contributed by atoms with van der Waals surface area (Å²) in [4.78, 5) is 4.87. The van der Waals surface area contributed by atoms with Gasteiger partial charge < -0.3 is 0 Å². The number of para-hydroxylation sites is 1. The molecular formula is C31H30BNS. The maximum atomic E-state index is 4.87. The van der Waals surface area contributed by atoms with Crippen LogP contribution in [0.2, 0.25) is 0 Å². The van der Waals surface area contributed by atoms with E-state index in [-0.39, 0.29) is 6.71 Å². The number of aromatic nitrogens is 1. The quantitative estimate of drug-likeness (QED) is 0.286. The maximum Gasteiger partial charge on any atom is 0.242 e. The highest BCUT2D eigenvalue weighted by Crippen LogP contribution is 2.29. The minimum Gasteiger partial charge on any atom is -0.236 e. The van der Waals surface area contributed by atoms with E-state index in [2.05, 4.69) is 114 Å². The Morgan fingerprint density at radius 2 is 1.12 bits per heavy atom. The van der Waals surface area contributed by atoms with E-state index < -0.39 is 0 Å². The Kier molecular flexibility index (Phi) is 5.91. The van der Waals surface area contributed by atoms with Crippen molar-refractivity contribution < 1.29 is 0 Å². The molecule has 34 heavy (non-hydrogen) atoms. The minimum atomic E-state index is 0.200. The second-order valence-corrected chi connectivity index (χ2v) is 10.7. The molecule has 3 heteroatoms. The largest absolute Gasteiger partial charge is 0.242 e. The van der Waals surface area contributed by atoms with Crippen LogP contribution in [0.1, 0.15) is 33.4 Å². The van der Waals surface area contributed by atoms with Crippen LogP contribution < -0.4 is 16.4 Å².